The third-order valence-corrected chi connectivity index (χ3v) is 0. The third kappa shape index (κ3) is 22.5. The fourth-order valence-corrected chi connectivity index (χ4v) is 0. The molecule has 0 radical (unpaired) electrons. The number of hydrogen-bond acceptors (Lipinski definition) is 2. The molecule has 0 aliphatic heterocycles. The summed E-state index contributed by atoms with van der Waals surface area (Å²) in [5, 5.41) is 0. The number of rotatable bonds is 0. The van der Waals surface area contributed by atoms with Crippen LogP contribution in [0.2, 0.25) is 0 Å². The largest absolute Gasteiger partial charge is 0.506 e. The molecule has 2 nitrogen and oxygen atoms in total. The summed E-state index contributed by atoms with van der Waals surface area (Å²) in [7, 11) is 0. The van der Waals surface area contributed by atoms with E-state index in [-0.39, 0.29) is 70.4 Å². The molecule has 0 saturated heterocycles. The van der Waals surface area contributed by atoms with Gasteiger partial charge in [-0.15, -0.1) is 4.66 Å². The zero-order chi connectivity index (χ0) is 2.71. The van der Waals surface area contributed by atoms with Gasteiger partial charge in [0.2, 0.25) is 0 Å². The van der Waals surface area contributed by atoms with E-state index in [1.807, 2.05) is 0 Å². The van der Waals surface area contributed by atoms with Crippen LogP contribution in [0.4, 0.5) is 0 Å². The molecule has 0 fully saturated rings. The zero-order valence-corrected chi connectivity index (χ0v) is 1.99. The molecule has 0 amide bonds. The Kier molecular flexibility index (Phi) is 51.3. The maximum absolute atomic E-state index is 8.35. The molecule has 0 aliphatic carbocycles. The molecule has 0 aromatic rings. The van der Waals surface area contributed by atoms with Crippen molar-refractivity contribution in [2.75, 3.05) is 0 Å². The second kappa shape index (κ2) is 16.4. The van der Waals surface area contributed by atoms with Gasteiger partial charge in [0.05, 0.1) is 0 Å². The molecule has 5 heavy (non-hydrogen) atoms. The van der Waals surface area contributed by atoms with Gasteiger partial charge < -0.3 is 4.66 Å². The second-order valence-corrected chi connectivity index (χ2v) is 0.207. The van der Waals surface area contributed by atoms with Crippen LogP contribution in [0.3, 0.4) is 0 Å². The topological polar surface area (TPSA) is 43.3 Å². The normalized spacial score (nSPS) is 3.60. The summed E-state index contributed by atoms with van der Waals surface area (Å²) < 4.78 is 15.2. The summed E-state index contributed by atoms with van der Waals surface area (Å²) in [6.45, 7) is 0. The van der Waals surface area contributed by atoms with E-state index in [9.17, 15) is 0 Å². The van der Waals surface area contributed by atoms with E-state index in [0.717, 1.165) is 0 Å². The van der Waals surface area contributed by atoms with Crippen molar-refractivity contribution in [1.82, 2.24) is 0 Å². The van der Waals surface area contributed by atoms with Crippen molar-refractivity contribution in [1.29, 1.82) is 0 Å². The maximum atomic E-state index is 8.35. The predicted octanol–water partition coefficient (Wildman–Crippen LogP) is -3.04. The van der Waals surface area contributed by atoms with E-state index in [1.165, 1.54) is 0 Å². The third-order valence-electron chi connectivity index (χ3n) is 0. The van der Waals surface area contributed by atoms with Crippen molar-refractivity contribution in [3.05, 3.63) is 0 Å². The Morgan fingerprint density at radius 2 is 1.40 bits per heavy atom. The maximum Gasteiger partial charge on any atom is 0.327 e. The van der Waals surface area contributed by atoms with Crippen LogP contribution < -0.4 is 4.66 Å². The van der Waals surface area contributed by atoms with Crippen molar-refractivity contribution in [3.63, 3.8) is 0 Å². The molecular weight excluding hydrogens is 113 g/mol. The number of halogens is 1. The Morgan fingerprint density at radius 1 is 1.40 bits per heavy atom. The van der Waals surface area contributed by atoms with Gasteiger partial charge in [0.25, 0.3) is 0 Å². The minimum Gasteiger partial charge on any atom is -0.506 e. The van der Waals surface area contributed by atoms with Crippen LogP contribution in [0.1, 0.15) is 0 Å². The van der Waals surface area contributed by atoms with E-state index in [1.54, 1.807) is 0 Å². The molecular formula is H3ClNa2O2. The fourth-order valence-electron chi connectivity index (χ4n) is 0. The van der Waals surface area contributed by atoms with Gasteiger partial charge in [0.1, 0.15) is 0 Å². The summed E-state index contributed by atoms with van der Waals surface area (Å²) >= 11 is -0.167. The van der Waals surface area contributed by atoms with Crippen LogP contribution in [0.25, 0.3) is 0 Å². The Bertz CT molecular complexity index is 7.61. The second-order valence-electron chi connectivity index (χ2n) is 0.0690. The molecule has 0 saturated carbocycles. The summed E-state index contributed by atoms with van der Waals surface area (Å²) in [4.78, 5) is 0. The first kappa shape index (κ1) is 15.7. The summed E-state index contributed by atoms with van der Waals surface area (Å²) in [5.41, 5.74) is 0. The SMILES string of the molecule is [NaH].[NaH].[O-][Cl+]O. The van der Waals surface area contributed by atoms with E-state index >= 15 is 0 Å². The molecule has 0 spiro atoms. The minimum atomic E-state index is -0.167. The van der Waals surface area contributed by atoms with E-state index in [4.69, 9.17) is 9.32 Å². The van der Waals surface area contributed by atoms with E-state index in [0.29, 0.717) is 0 Å². The minimum absolute atomic E-state index is 0. The van der Waals surface area contributed by atoms with Crippen molar-refractivity contribution < 1.29 is 20.6 Å². The van der Waals surface area contributed by atoms with Crippen molar-refractivity contribution in [3.8, 4) is 0 Å². The van der Waals surface area contributed by atoms with Crippen LogP contribution >= 0.6 is 0 Å². The van der Waals surface area contributed by atoms with Crippen LogP contribution in [-0.4, -0.2) is 63.8 Å². The summed E-state index contributed by atoms with van der Waals surface area (Å²) in [6, 6.07) is 0. The van der Waals surface area contributed by atoms with Crippen molar-refractivity contribution in [2.24, 2.45) is 0 Å². The van der Waals surface area contributed by atoms with Crippen molar-refractivity contribution >= 4 is 59.1 Å². The van der Waals surface area contributed by atoms with Gasteiger partial charge in [-0.3, -0.25) is 0 Å². The first-order valence-electron chi connectivity index (χ1n) is 0.323. The average Bonchev–Trinajstić information content (AvgIpc) is 0.918. The Morgan fingerprint density at radius 3 is 1.40 bits per heavy atom. The van der Waals surface area contributed by atoms with E-state index < -0.39 is 0 Å². The standard InChI is InChI=1S/ClHO2.2Na.2H/c2-1-3;;;;/h2H;;;;. The first-order valence-corrected chi connectivity index (χ1v) is 0.970. The quantitative estimate of drug-likeness (QED) is 0.342. The van der Waals surface area contributed by atoms with Gasteiger partial charge in [-0.25, -0.2) is 0 Å². The van der Waals surface area contributed by atoms with Gasteiger partial charge in [-0.05, 0) is 0 Å². The zero-order valence-electron chi connectivity index (χ0n) is 1.23. The smallest absolute Gasteiger partial charge is 0.327 e. The molecule has 0 unspecified atom stereocenters. The molecule has 5 heteroatoms. The van der Waals surface area contributed by atoms with Gasteiger partial charge in [-0.2, -0.15) is 0 Å². The van der Waals surface area contributed by atoms with E-state index in [2.05, 4.69) is 0 Å². The fraction of sp³-hybridized carbons (Fsp3) is 0. The molecule has 1 N–H and O–H groups in total. The molecule has 0 heterocycles. The molecule has 0 rings (SSSR count). The molecule has 0 aromatic carbocycles. The Balaban J connectivity index is -0.0000000200. The van der Waals surface area contributed by atoms with Gasteiger partial charge in [-0.1, -0.05) is 0 Å². The molecule has 0 aliphatic rings. The Hall–Kier alpha value is 2.21. The van der Waals surface area contributed by atoms with Crippen LogP contribution in [-0.2, 0) is 0 Å². The number of hydrogen-bond donors (Lipinski definition) is 1. The predicted molar refractivity (Wildman–Crippen MR) is 16.5 cm³/mol. The van der Waals surface area contributed by atoms with Gasteiger partial charge in [0, 0.05) is 0 Å². The summed E-state index contributed by atoms with van der Waals surface area (Å²) in [6.07, 6.45) is 0. The molecule has 24 valence electrons. The van der Waals surface area contributed by atoms with Gasteiger partial charge >= 0.3 is 70.4 Å². The summed E-state index contributed by atoms with van der Waals surface area (Å²) in [5.74, 6) is 0. The van der Waals surface area contributed by atoms with Crippen LogP contribution in [0, 0.1) is 11.3 Å². The molecule has 0 aromatic heterocycles. The van der Waals surface area contributed by atoms with Crippen LogP contribution in [0.5, 0.6) is 0 Å². The molecule has 0 bridgehead atoms. The van der Waals surface area contributed by atoms with Crippen molar-refractivity contribution in [2.45, 2.75) is 0 Å². The first-order chi connectivity index (χ1) is 1.41. The monoisotopic (exact) mass is 116 g/mol. The van der Waals surface area contributed by atoms with Gasteiger partial charge in [0.15, 0.2) is 0 Å². The molecule has 0 atom stereocenters. The Labute approximate surface area is 78.6 Å². The van der Waals surface area contributed by atoms with Crippen LogP contribution in [0.15, 0.2) is 0 Å². The average molecular weight is 116 g/mol.